The van der Waals surface area contributed by atoms with E-state index in [4.69, 9.17) is 4.42 Å². The van der Waals surface area contributed by atoms with Crippen LogP contribution < -0.4 is 5.32 Å². The Morgan fingerprint density at radius 3 is 2.78 bits per heavy atom. The number of rotatable bonds is 6. The van der Waals surface area contributed by atoms with Gasteiger partial charge < -0.3 is 14.6 Å². The van der Waals surface area contributed by atoms with Gasteiger partial charge in [-0.2, -0.15) is 0 Å². The normalized spacial score (nSPS) is 17.5. The molecule has 0 unspecified atom stereocenters. The molecule has 1 aromatic heterocycles. The maximum absolute atomic E-state index is 12.4. The molecule has 2 heterocycles. The molecule has 0 bridgehead atoms. The highest BCUT2D eigenvalue weighted by molar-refractivity contribution is 5.90. The van der Waals surface area contributed by atoms with Crippen molar-refractivity contribution in [2.75, 3.05) is 6.54 Å². The Bertz CT molecular complexity index is 652. The van der Waals surface area contributed by atoms with Crippen LogP contribution in [0.3, 0.4) is 0 Å². The zero-order valence-corrected chi connectivity index (χ0v) is 12.9. The van der Waals surface area contributed by atoms with E-state index in [1.807, 2.05) is 36.4 Å². The van der Waals surface area contributed by atoms with Crippen LogP contribution in [-0.2, 0) is 22.6 Å². The van der Waals surface area contributed by atoms with Crippen LogP contribution in [0.1, 0.15) is 24.2 Å². The summed E-state index contributed by atoms with van der Waals surface area (Å²) in [6, 6.07) is 13.2. The van der Waals surface area contributed by atoms with E-state index in [2.05, 4.69) is 5.32 Å². The number of furan rings is 1. The van der Waals surface area contributed by atoms with E-state index in [0.29, 0.717) is 31.7 Å². The monoisotopic (exact) mass is 312 g/mol. The molecule has 2 amide bonds. The van der Waals surface area contributed by atoms with Gasteiger partial charge >= 0.3 is 0 Å². The van der Waals surface area contributed by atoms with Crippen molar-refractivity contribution < 1.29 is 14.0 Å². The third-order valence-electron chi connectivity index (χ3n) is 4.09. The molecule has 1 fully saturated rings. The first-order chi connectivity index (χ1) is 11.2. The predicted octanol–water partition coefficient (Wildman–Crippen LogP) is 2.13. The van der Waals surface area contributed by atoms with Crippen molar-refractivity contribution in [1.82, 2.24) is 10.2 Å². The van der Waals surface area contributed by atoms with Gasteiger partial charge in [-0.15, -0.1) is 0 Å². The van der Waals surface area contributed by atoms with Gasteiger partial charge in [0.2, 0.25) is 11.8 Å². The summed E-state index contributed by atoms with van der Waals surface area (Å²) in [4.78, 5) is 26.0. The highest BCUT2D eigenvalue weighted by atomic mass is 16.3. The summed E-state index contributed by atoms with van der Waals surface area (Å²) in [6.45, 7) is 0.921. The second-order valence-electron chi connectivity index (χ2n) is 5.68. The first-order valence-corrected chi connectivity index (χ1v) is 7.87. The van der Waals surface area contributed by atoms with E-state index in [1.54, 1.807) is 17.2 Å². The predicted molar refractivity (Wildman–Crippen MR) is 85.4 cm³/mol. The molecule has 1 N–H and O–H groups in total. The van der Waals surface area contributed by atoms with Crippen LogP contribution in [0.5, 0.6) is 0 Å². The van der Waals surface area contributed by atoms with Gasteiger partial charge in [0.1, 0.15) is 11.8 Å². The van der Waals surface area contributed by atoms with Crippen molar-refractivity contribution in [3.05, 3.63) is 60.1 Å². The van der Waals surface area contributed by atoms with Crippen molar-refractivity contribution >= 4 is 11.8 Å². The molecule has 1 atom stereocenters. The fourth-order valence-corrected chi connectivity index (χ4v) is 2.87. The molecular formula is C18H20N2O3. The lowest BCUT2D eigenvalue weighted by atomic mass is 10.1. The second kappa shape index (κ2) is 7.13. The van der Waals surface area contributed by atoms with E-state index in [1.165, 1.54) is 5.56 Å². The van der Waals surface area contributed by atoms with Gasteiger partial charge in [-0.05, 0) is 30.5 Å². The van der Waals surface area contributed by atoms with Crippen molar-refractivity contribution in [3.8, 4) is 0 Å². The molecular weight excluding hydrogens is 292 g/mol. The second-order valence-corrected chi connectivity index (χ2v) is 5.68. The maximum atomic E-state index is 12.4. The zero-order chi connectivity index (χ0) is 16.1. The van der Waals surface area contributed by atoms with Crippen LogP contribution in [0.2, 0.25) is 0 Å². The number of carbonyl (C=O) groups excluding carboxylic acids is 2. The molecule has 5 heteroatoms. The first-order valence-electron chi connectivity index (χ1n) is 7.87. The van der Waals surface area contributed by atoms with E-state index in [-0.39, 0.29) is 11.8 Å². The molecule has 1 saturated heterocycles. The standard InChI is InChI=1S/C18H20N2O3/c21-17-9-8-16(20(17)13-15-7-4-12-23-15)18(22)19-11-10-14-5-2-1-3-6-14/h1-7,12,16H,8-11,13H2,(H,19,22)/t16-/m0/s1. The SMILES string of the molecule is O=C(NCCc1ccccc1)[C@@H]1CCC(=O)N1Cc1ccco1. The Labute approximate surface area is 135 Å². The van der Waals surface area contributed by atoms with Gasteiger partial charge in [0.05, 0.1) is 12.8 Å². The molecule has 1 aromatic carbocycles. The quantitative estimate of drug-likeness (QED) is 0.889. The number of benzene rings is 1. The van der Waals surface area contributed by atoms with Crippen LogP contribution >= 0.6 is 0 Å². The summed E-state index contributed by atoms with van der Waals surface area (Å²) in [5, 5.41) is 2.94. The molecule has 5 nitrogen and oxygen atoms in total. The van der Waals surface area contributed by atoms with Crippen LogP contribution in [0.25, 0.3) is 0 Å². The third kappa shape index (κ3) is 3.80. The topological polar surface area (TPSA) is 62.6 Å². The molecule has 0 spiro atoms. The van der Waals surface area contributed by atoms with Gasteiger partial charge in [-0.3, -0.25) is 9.59 Å². The van der Waals surface area contributed by atoms with Gasteiger partial charge in [0.25, 0.3) is 0 Å². The molecule has 0 radical (unpaired) electrons. The van der Waals surface area contributed by atoms with Crippen LogP contribution in [0.15, 0.2) is 53.1 Å². The summed E-state index contributed by atoms with van der Waals surface area (Å²) >= 11 is 0. The van der Waals surface area contributed by atoms with Crippen LogP contribution in [0, 0.1) is 0 Å². The van der Waals surface area contributed by atoms with Gasteiger partial charge in [0.15, 0.2) is 0 Å². The molecule has 1 aliphatic rings. The Kier molecular flexibility index (Phi) is 4.76. The van der Waals surface area contributed by atoms with Gasteiger partial charge in [0, 0.05) is 13.0 Å². The minimum absolute atomic E-state index is 0.00427. The van der Waals surface area contributed by atoms with E-state index in [0.717, 1.165) is 6.42 Å². The molecule has 0 saturated carbocycles. The highest BCUT2D eigenvalue weighted by Crippen LogP contribution is 2.21. The number of hydrogen-bond donors (Lipinski definition) is 1. The third-order valence-corrected chi connectivity index (χ3v) is 4.09. The number of carbonyl (C=O) groups is 2. The molecule has 23 heavy (non-hydrogen) atoms. The molecule has 120 valence electrons. The number of amides is 2. The van der Waals surface area contributed by atoms with Crippen LogP contribution in [-0.4, -0.2) is 29.3 Å². The zero-order valence-electron chi connectivity index (χ0n) is 12.9. The number of likely N-dealkylation sites (tertiary alicyclic amines) is 1. The summed E-state index contributed by atoms with van der Waals surface area (Å²) in [7, 11) is 0. The van der Waals surface area contributed by atoms with Crippen molar-refractivity contribution in [2.24, 2.45) is 0 Å². The van der Waals surface area contributed by atoms with E-state index in [9.17, 15) is 9.59 Å². The molecule has 0 aliphatic carbocycles. The van der Waals surface area contributed by atoms with Crippen LogP contribution in [0.4, 0.5) is 0 Å². The Morgan fingerprint density at radius 1 is 1.22 bits per heavy atom. The average Bonchev–Trinajstić information content (AvgIpc) is 3.20. The molecule has 1 aliphatic heterocycles. The lowest BCUT2D eigenvalue weighted by Crippen LogP contribution is -2.44. The first kappa shape index (κ1) is 15.3. The number of hydrogen-bond acceptors (Lipinski definition) is 3. The van der Waals surface area contributed by atoms with Gasteiger partial charge in [-0.1, -0.05) is 30.3 Å². The average molecular weight is 312 g/mol. The maximum Gasteiger partial charge on any atom is 0.242 e. The Morgan fingerprint density at radius 2 is 2.04 bits per heavy atom. The number of nitrogens with one attached hydrogen (secondary N) is 1. The Balaban J connectivity index is 1.54. The summed E-state index contributed by atoms with van der Waals surface area (Å²) in [6.07, 6.45) is 3.34. The summed E-state index contributed by atoms with van der Waals surface area (Å²) in [5.74, 6) is 0.616. The largest absolute Gasteiger partial charge is 0.467 e. The molecule has 3 rings (SSSR count). The van der Waals surface area contributed by atoms with Crippen molar-refractivity contribution in [1.29, 1.82) is 0 Å². The fourth-order valence-electron chi connectivity index (χ4n) is 2.87. The van der Waals surface area contributed by atoms with E-state index < -0.39 is 6.04 Å². The lowest BCUT2D eigenvalue weighted by molar-refractivity contribution is -0.136. The molecule has 2 aromatic rings. The summed E-state index contributed by atoms with van der Waals surface area (Å²) in [5.41, 5.74) is 1.18. The van der Waals surface area contributed by atoms with E-state index >= 15 is 0 Å². The lowest BCUT2D eigenvalue weighted by Gasteiger charge is -2.23. The highest BCUT2D eigenvalue weighted by Gasteiger charge is 2.36. The number of nitrogens with zero attached hydrogens (tertiary/aromatic N) is 1. The Hall–Kier alpha value is -2.56. The van der Waals surface area contributed by atoms with Crippen molar-refractivity contribution in [2.45, 2.75) is 31.8 Å². The minimum Gasteiger partial charge on any atom is -0.467 e. The summed E-state index contributed by atoms with van der Waals surface area (Å²) < 4.78 is 5.29. The van der Waals surface area contributed by atoms with Crippen molar-refractivity contribution in [3.63, 3.8) is 0 Å². The minimum atomic E-state index is -0.400. The fraction of sp³-hybridized carbons (Fsp3) is 0.333. The smallest absolute Gasteiger partial charge is 0.242 e. The van der Waals surface area contributed by atoms with Gasteiger partial charge in [-0.25, -0.2) is 0 Å².